The van der Waals surface area contributed by atoms with Gasteiger partial charge < -0.3 is 23.5 Å². The Hall–Kier alpha value is -0.310. The smallest absolute Gasteiger partial charge is 0.268 e. The van der Waals surface area contributed by atoms with Gasteiger partial charge in [-0.25, -0.2) is 4.89 Å². The highest BCUT2D eigenvalue weighted by molar-refractivity contribution is 7.45. The summed E-state index contributed by atoms with van der Waals surface area (Å²) in [6.45, 7) is 3.28. The first-order valence-electron chi connectivity index (χ1n) is 6.11. The molecule has 2 unspecified atom stereocenters. The Morgan fingerprint density at radius 1 is 1.40 bits per heavy atom. The quantitative estimate of drug-likeness (QED) is 0.181. The number of phosphoric acid groups is 1. The van der Waals surface area contributed by atoms with Gasteiger partial charge in [0.2, 0.25) is 0 Å². The van der Waals surface area contributed by atoms with E-state index in [1.807, 2.05) is 21.1 Å². The molecular weight excluding hydrogens is 289 g/mol. The summed E-state index contributed by atoms with van der Waals surface area (Å²) in [5.41, 5.74) is 0. The van der Waals surface area contributed by atoms with E-state index >= 15 is 0 Å². The molecule has 0 saturated carbocycles. The molecule has 0 aliphatic carbocycles. The summed E-state index contributed by atoms with van der Waals surface area (Å²) in [4.78, 5) is 15.6. The van der Waals surface area contributed by atoms with Crippen molar-refractivity contribution in [3.8, 4) is 0 Å². The lowest BCUT2D eigenvalue weighted by molar-refractivity contribution is -0.870. The third-order valence-corrected chi connectivity index (χ3v) is 3.43. The summed E-state index contributed by atoms with van der Waals surface area (Å²) in [6.07, 6.45) is -0.845. The van der Waals surface area contributed by atoms with E-state index < -0.39 is 26.6 Å². The second kappa shape index (κ2) is 8.86. The standard InChI is InChI=1S/C11H24NO7P/c1-5-6-10(11(9-13)18-14)19-20(15,16)17-8-7-12(2,3)4/h5,10-11,13H,1,6-9H2,2-4H3,(H-,14,15,16)/t10?,11-/m0/s1. The number of rotatable bonds is 11. The first kappa shape index (κ1) is 19.7. The van der Waals surface area contributed by atoms with E-state index in [0.717, 1.165) is 0 Å². The first-order chi connectivity index (χ1) is 9.15. The van der Waals surface area contributed by atoms with Crippen molar-refractivity contribution in [1.29, 1.82) is 0 Å². The fourth-order valence-corrected chi connectivity index (χ4v) is 2.19. The van der Waals surface area contributed by atoms with Gasteiger partial charge in [-0.3, -0.25) is 9.82 Å². The molecule has 0 spiro atoms. The maximum atomic E-state index is 11.7. The van der Waals surface area contributed by atoms with E-state index in [9.17, 15) is 9.46 Å². The highest BCUT2D eigenvalue weighted by atomic mass is 31.2. The molecular formula is C11H24NO7P. The van der Waals surface area contributed by atoms with Crippen LogP contribution in [0.5, 0.6) is 0 Å². The molecule has 0 aliphatic rings. The second-order valence-electron chi connectivity index (χ2n) is 5.29. The van der Waals surface area contributed by atoms with Crippen LogP contribution >= 0.6 is 7.82 Å². The van der Waals surface area contributed by atoms with Gasteiger partial charge in [0.05, 0.1) is 27.7 Å². The molecule has 0 aliphatic heterocycles. The minimum atomic E-state index is -4.55. The minimum Gasteiger partial charge on any atom is -0.756 e. The molecule has 3 atom stereocenters. The summed E-state index contributed by atoms with van der Waals surface area (Å²) in [5, 5.41) is 17.6. The normalized spacial score (nSPS) is 18.3. The summed E-state index contributed by atoms with van der Waals surface area (Å²) >= 11 is 0. The fourth-order valence-electron chi connectivity index (χ4n) is 1.27. The van der Waals surface area contributed by atoms with E-state index in [2.05, 4.69) is 11.5 Å². The van der Waals surface area contributed by atoms with Crippen molar-refractivity contribution in [2.24, 2.45) is 0 Å². The number of phosphoric ester groups is 1. The van der Waals surface area contributed by atoms with Crippen molar-refractivity contribution in [2.75, 3.05) is 40.9 Å². The van der Waals surface area contributed by atoms with Gasteiger partial charge in [-0.1, -0.05) is 6.08 Å². The monoisotopic (exact) mass is 313 g/mol. The van der Waals surface area contributed by atoms with Gasteiger partial charge >= 0.3 is 0 Å². The zero-order chi connectivity index (χ0) is 15.8. The summed E-state index contributed by atoms with van der Waals surface area (Å²) < 4.78 is 21.7. The highest BCUT2D eigenvalue weighted by Crippen LogP contribution is 2.41. The maximum absolute atomic E-state index is 11.7. The Balaban J connectivity index is 4.51. The van der Waals surface area contributed by atoms with Gasteiger partial charge in [0.15, 0.2) is 0 Å². The number of quaternary nitrogens is 1. The molecule has 9 heteroatoms. The summed E-state index contributed by atoms with van der Waals surface area (Å²) in [7, 11) is 1.12. The van der Waals surface area contributed by atoms with E-state index in [4.69, 9.17) is 19.4 Å². The SMILES string of the molecule is C=CCC(OP(=O)([O-])OCC[N+](C)(C)C)[C@H](CO)OO. The van der Waals surface area contributed by atoms with Crippen LogP contribution < -0.4 is 4.89 Å². The van der Waals surface area contributed by atoms with Gasteiger partial charge in [0.1, 0.15) is 25.4 Å². The van der Waals surface area contributed by atoms with Crippen LogP contribution in [0.25, 0.3) is 0 Å². The molecule has 0 amide bonds. The molecule has 120 valence electrons. The lowest BCUT2D eigenvalue weighted by Gasteiger charge is -2.31. The van der Waals surface area contributed by atoms with Crippen LogP contribution in [0.15, 0.2) is 12.7 Å². The average molecular weight is 313 g/mol. The predicted octanol–water partition coefficient (Wildman–Crippen LogP) is -0.0106. The van der Waals surface area contributed by atoms with Crippen molar-refractivity contribution in [3.63, 3.8) is 0 Å². The van der Waals surface area contributed by atoms with Crippen LogP contribution in [-0.4, -0.2) is 68.0 Å². The Morgan fingerprint density at radius 2 is 2.00 bits per heavy atom. The Morgan fingerprint density at radius 3 is 2.40 bits per heavy atom. The molecule has 0 heterocycles. The van der Waals surface area contributed by atoms with Crippen molar-refractivity contribution in [3.05, 3.63) is 12.7 Å². The van der Waals surface area contributed by atoms with Crippen molar-refractivity contribution in [2.45, 2.75) is 18.6 Å². The lowest BCUT2D eigenvalue weighted by Crippen LogP contribution is -2.38. The molecule has 0 radical (unpaired) electrons. The summed E-state index contributed by atoms with van der Waals surface area (Å²) in [6, 6.07) is 0. The van der Waals surface area contributed by atoms with E-state index in [0.29, 0.717) is 11.0 Å². The number of aliphatic hydroxyl groups is 1. The molecule has 0 saturated heterocycles. The fraction of sp³-hybridized carbons (Fsp3) is 0.818. The van der Waals surface area contributed by atoms with Gasteiger partial charge in [0, 0.05) is 0 Å². The van der Waals surface area contributed by atoms with Crippen molar-refractivity contribution in [1.82, 2.24) is 0 Å². The molecule has 2 N–H and O–H groups in total. The topological polar surface area (TPSA) is 108 Å². The number of aliphatic hydroxyl groups excluding tert-OH is 1. The Kier molecular flexibility index (Phi) is 8.72. The Labute approximate surface area is 119 Å². The molecule has 0 bridgehead atoms. The molecule has 0 rings (SSSR count). The first-order valence-corrected chi connectivity index (χ1v) is 7.57. The van der Waals surface area contributed by atoms with Crippen LogP contribution in [0.4, 0.5) is 0 Å². The molecule has 20 heavy (non-hydrogen) atoms. The Bertz CT molecular complexity index is 327. The van der Waals surface area contributed by atoms with Crippen LogP contribution in [0.3, 0.4) is 0 Å². The van der Waals surface area contributed by atoms with Crippen LogP contribution in [0.2, 0.25) is 0 Å². The third-order valence-electron chi connectivity index (χ3n) is 2.40. The van der Waals surface area contributed by atoms with Crippen LogP contribution in [0.1, 0.15) is 6.42 Å². The van der Waals surface area contributed by atoms with E-state index in [1.54, 1.807) is 0 Å². The minimum absolute atomic E-state index is 0.0329. The van der Waals surface area contributed by atoms with Gasteiger partial charge in [-0.05, 0) is 6.42 Å². The molecule has 0 aromatic carbocycles. The van der Waals surface area contributed by atoms with Gasteiger partial charge in [-0.2, -0.15) is 0 Å². The number of nitrogens with zero attached hydrogens (tertiary/aromatic N) is 1. The zero-order valence-corrected chi connectivity index (χ0v) is 13.0. The largest absolute Gasteiger partial charge is 0.756 e. The average Bonchev–Trinajstić information content (AvgIpc) is 2.28. The van der Waals surface area contributed by atoms with Crippen LogP contribution in [-0.2, 0) is 18.5 Å². The van der Waals surface area contributed by atoms with Gasteiger partial charge in [0.25, 0.3) is 7.82 Å². The number of hydrogen-bond donors (Lipinski definition) is 2. The predicted molar refractivity (Wildman–Crippen MR) is 70.7 cm³/mol. The highest BCUT2D eigenvalue weighted by Gasteiger charge is 2.27. The van der Waals surface area contributed by atoms with E-state index in [1.165, 1.54) is 6.08 Å². The van der Waals surface area contributed by atoms with E-state index in [-0.39, 0.29) is 13.0 Å². The summed E-state index contributed by atoms with van der Waals surface area (Å²) in [5.74, 6) is 0. The molecule has 0 aromatic rings. The maximum Gasteiger partial charge on any atom is 0.268 e. The molecule has 0 fully saturated rings. The zero-order valence-electron chi connectivity index (χ0n) is 12.1. The van der Waals surface area contributed by atoms with Crippen LogP contribution in [0, 0.1) is 0 Å². The van der Waals surface area contributed by atoms with Gasteiger partial charge in [-0.15, -0.1) is 6.58 Å². The van der Waals surface area contributed by atoms with Crippen molar-refractivity contribution >= 4 is 7.82 Å². The molecule has 8 nitrogen and oxygen atoms in total. The molecule has 0 aromatic heterocycles. The van der Waals surface area contributed by atoms with Crippen molar-refractivity contribution < 1.29 is 38.2 Å². The lowest BCUT2D eigenvalue weighted by atomic mass is 10.1. The third kappa shape index (κ3) is 8.78. The second-order valence-corrected chi connectivity index (χ2v) is 6.65. The number of hydrogen-bond acceptors (Lipinski definition) is 7. The number of likely N-dealkylation sites (N-methyl/N-ethyl adjacent to an activating group) is 1.